The molecule has 36 heavy (non-hydrogen) atoms. The molecule has 3 aromatic heterocycles. The number of rotatable bonds is 4. The number of aryl methyl sites for hydroxylation is 3. The average molecular weight is 476 g/mol. The SMILES string of the molecule is CCC1(CC)c2ccccc2-c2cc3c(nc21)oc1c(-c2cc(C(C)C)c(C)c[n+]2C)c(C)ccc13. The van der Waals surface area contributed by atoms with E-state index in [4.69, 9.17) is 9.40 Å². The molecule has 0 aliphatic heterocycles. The van der Waals surface area contributed by atoms with E-state index >= 15 is 0 Å². The summed E-state index contributed by atoms with van der Waals surface area (Å²) in [7, 11) is 2.13. The molecule has 0 saturated heterocycles. The van der Waals surface area contributed by atoms with Gasteiger partial charge in [-0.2, -0.15) is 0 Å². The van der Waals surface area contributed by atoms with E-state index in [0.717, 1.165) is 40.5 Å². The zero-order valence-electron chi connectivity index (χ0n) is 22.5. The number of pyridine rings is 2. The third-order valence-electron chi connectivity index (χ3n) is 8.63. The Labute approximate surface area is 213 Å². The number of hydrogen-bond donors (Lipinski definition) is 0. The first kappa shape index (κ1) is 23.0. The second kappa shape index (κ2) is 8.03. The summed E-state index contributed by atoms with van der Waals surface area (Å²) in [6, 6.07) is 18.0. The molecule has 0 saturated carbocycles. The van der Waals surface area contributed by atoms with Crippen LogP contribution in [0.2, 0.25) is 0 Å². The molecular formula is C33H35N2O+. The highest BCUT2D eigenvalue weighted by Gasteiger charge is 2.42. The van der Waals surface area contributed by atoms with Crippen molar-refractivity contribution in [3.05, 3.63) is 82.7 Å². The Morgan fingerprint density at radius 2 is 1.67 bits per heavy atom. The Morgan fingerprint density at radius 1 is 0.917 bits per heavy atom. The van der Waals surface area contributed by atoms with Crippen molar-refractivity contribution < 1.29 is 8.98 Å². The molecule has 5 aromatic rings. The van der Waals surface area contributed by atoms with Gasteiger partial charge in [0, 0.05) is 33.4 Å². The van der Waals surface area contributed by atoms with Gasteiger partial charge >= 0.3 is 0 Å². The summed E-state index contributed by atoms with van der Waals surface area (Å²) in [6.45, 7) is 13.5. The number of furan rings is 1. The second-order valence-corrected chi connectivity index (χ2v) is 10.9. The third-order valence-corrected chi connectivity index (χ3v) is 8.63. The summed E-state index contributed by atoms with van der Waals surface area (Å²) >= 11 is 0. The van der Waals surface area contributed by atoms with Crippen LogP contribution in [0.1, 0.15) is 74.4 Å². The normalized spacial score (nSPS) is 14.1. The Hall–Kier alpha value is -3.46. The first-order valence-corrected chi connectivity index (χ1v) is 13.3. The van der Waals surface area contributed by atoms with E-state index in [1.54, 1.807) is 0 Å². The van der Waals surface area contributed by atoms with Gasteiger partial charge in [-0.3, -0.25) is 0 Å². The quantitative estimate of drug-likeness (QED) is 0.245. The standard InChI is InChI=1S/C33H35N2O/c1-8-33(9-2)27-13-11-10-12-22(27)25-16-26-23-15-14-20(5)29(30(23)36-32(26)34-31(25)33)28-17-24(19(3)4)21(6)18-35(28)7/h10-19H,8-9H2,1-7H3/q+1. The number of benzene rings is 2. The van der Waals surface area contributed by atoms with Crippen molar-refractivity contribution in [2.45, 2.75) is 65.7 Å². The van der Waals surface area contributed by atoms with Crippen LogP contribution in [0.4, 0.5) is 0 Å². The van der Waals surface area contributed by atoms with Gasteiger partial charge < -0.3 is 4.42 Å². The van der Waals surface area contributed by atoms with Crippen molar-refractivity contribution in [3.63, 3.8) is 0 Å². The monoisotopic (exact) mass is 475 g/mol. The van der Waals surface area contributed by atoms with Crippen LogP contribution in [0.25, 0.3) is 44.5 Å². The highest BCUT2D eigenvalue weighted by atomic mass is 16.3. The number of aromatic nitrogens is 2. The van der Waals surface area contributed by atoms with Crippen LogP contribution in [0.15, 0.2) is 59.1 Å². The van der Waals surface area contributed by atoms with E-state index in [-0.39, 0.29) is 5.41 Å². The molecule has 3 heteroatoms. The van der Waals surface area contributed by atoms with E-state index in [1.807, 2.05) is 0 Å². The summed E-state index contributed by atoms with van der Waals surface area (Å²) in [5.41, 5.74) is 13.0. The summed E-state index contributed by atoms with van der Waals surface area (Å²) in [4.78, 5) is 5.28. The van der Waals surface area contributed by atoms with Gasteiger partial charge in [0.25, 0.3) is 0 Å². The van der Waals surface area contributed by atoms with Gasteiger partial charge in [-0.25, -0.2) is 9.55 Å². The van der Waals surface area contributed by atoms with Gasteiger partial charge in [-0.15, -0.1) is 0 Å². The van der Waals surface area contributed by atoms with Crippen molar-refractivity contribution in [3.8, 4) is 22.4 Å². The fraction of sp³-hybridized carbons (Fsp3) is 0.333. The van der Waals surface area contributed by atoms with Crippen LogP contribution in [-0.4, -0.2) is 4.98 Å². The van der Waals surface area contributed by atoms with Gasteiger partial charge in [-0.05, 0) is 60.9 Å². The Morgan fingerprint density at radius 3 is 2.39 bits per heavy atom. The molecule has 3 heterocycles. The van der Waals surface area contributed by atoms with Gasteiger partial charge in [0.2, 0.25) is 11.4 Å². The molecule has 0 radical (unpaired) electrons. The van der Waals surface area contributed by atoms with E-state index in [0.29, 0.717) is 5.92 Å². The minimum atomic E-state index is -0.0621. The predicted octanol–water partition coefficient (Wildman–Crippen LogP) is 8.30. The molecule has 0 unspecified atom stereocenters. The molecule has 0 fully saturated rings. The van der Waals surface area contributed by atoms with Crippen molar-refractivity contribution in [2.24, 2.45) is 7.05 Å². The summed E-state index contributed by atoms with van der Waals surface area (Å²) in [5, 5.41) is 2.23. The molecule has 0 amide bonds. The maximum atomic E-state index is 6.69. The third kappa shape index (κ3) is 2.98. The van der Waals surface area contributed by atoms with Crippen molar-refractivity contribution in [2.75, 3.05) is 0 Å². The highest BCUT2D eigenvalue weighted by Crippen LogP contribution is 2.53. The van der Waals surface area contributed by atoms with Crippen molar-refractivity contribution in [1.29, 1.82) is 0 Å². The van der Waals surface area contributed by atoms with Crippen LogP contribution < -0.4 is 4.57 Å². The Kier molecular flexibility index (Phi) is 5.12. The molecule has 182 valence electrons. The fourth-order valence-corrected chi connectivity index (χ4v) is 6.65. The van der Waals surface area contributed by atoms with Gasteiger partial charge in [0.05, 0.1) is 11.3 Å². The summed E-state index contributed by atoms with van der Waals surface area (Å²) in [6.07, 6.45) is 4.29. The van der Waals surface area contributed by atoms with Crippen LogP contribution >= 0.6 is 0 Å². The zero-order chi connectivity index (χ0) is 25.4. The predicted molar refractivity (Wildman–Crippen MR) is 148 cm³/mol. The molecule has 0 atom stereocenters. The Bertz CT molecular complexity index is 1670. The smallest absolute Gasteiger partial charge is 0.227 e. The average Bonchev–Trinajstić information content (AvgIpc) is 3.36. The lowest BCUT2D eigenvalue weighted by Crippen LogP contribution is -2.32. The van der Waals surface area contributed by atoms with Crippen LogP contribution in [0, 0.1) is 13.8 Å². The van der Waals surface area contributed by atoms with Crippen LogP contribution in [0.3, 0.4) is 0 Å². The number of fused-ring (bicyclic) bond motifs is 6. The molecule has 2 aromatic carbocycles. The minimum Gasteiger partial charge on any atom is -0.437 e. The number of hydrogen-bond acceptors (Lipinski definition) is 2. The van der Waals surface area contributed by atoms with Crippen molar-refractivity contribution in [1.82, 2.24) is 4.98 Å². The first-order valence-electron chi connectivity index (χ1n) is 13.3. The van der Waals surface area contributed by atoms with E-state index in [1.165, 1.54) is 44.8 Å². The van der Waals surface area contributed by atoms with E-state index < -0.39 is 0 Å². The Balaban J connectivity index is 1.68. The molecule has 1 aliphatic carbocycles. The molecule has 0 bridgehead atoms. The van der Waals surface area contributed by atoms with Crippen LogP contribution in [0.5, 0.6) is 0 Å². The highest BCUT2D eigenvalue weighted by molar-refractivity contribution is 6.10. The van der Waals surface area contributed by atoms with Gasteiger partial charge in [-0.1, -0.05) is 64.1 Å². The molecule has 3 nitrogen and oxygen atoms in total. The van der Waals surface area contributed by atoms with E-state index in [2.05, 4.69) is 108 Å². The lowest BCUT2D eigenvalue weighted by atomic mass is 9.76. The molecular weight excluding hydrogens is 440 g/mol. The molecule has 6 rings (SSSR count). The van der Waals surface area contributed by atoms with Gasteiger partial charge in [0.1, 0.15) is 7.05 Å². The maximum absolute atomic E-state index is 6.69. The van der Waals surface area contributed by atoms with Crippen LogP contribution in [-0.2, 0) is 12.5 Å². The lowest BCUT2D eigenvalue weighted by Gasteiger charge is -2.28. The number of nitrogens with zero attached hydrogens (tertiary/aromatic N) is 2. The molecule has 0 spiro atoms. The second-order valence-electron chi connectivity index (χ2n) is 10.9. The maximum Gasteiger partial charge on any atom is 0.227 e. The minimum absolute atomic E-state index is 0.0621. The summed E-state index contributed by atoms with van der Waals surface area (Å²) in [5.74, 6) is 0.459. The van der Waals surface area contributed by atoms with Gasteiger partial charge in [0.15, 0.2) is 11.8 Å². The topological polar surface area (TPSA) is 29.9 Å². The molecule has 0 N–H and O–H groups in total. The largest absolute Gasteiger partial charge is 0.437 e. The first-order chi connectivity index (χ1) is 17.3. The summed E-state index contributed by atoms with van der Waals surface area (Å²) < 4.78 is 8.92. The van der Waals surface area contributed by atoms with E-state index in [9.17, 15) is 0 Å². The molecule has 1 aliphatic rings. The van der Waals surface area contributed by atoms with Crippen molar-refractivity contribution >= 4 is 22.1 Å². The fourth-order valence-electron chi connectivity index (χ4n) is 6.65. The lowest BCUT2D eigenvalue weighted by molar-refractivity contribution is -0.660. The zero-order valence-corrected chi connectivity index (χ0v) is 22.5.